The molecule has 9 nitrogen and oxygen atoms in total. The van der Waals surface area contributed by atoms with Gasteiger partial charge in [-0.3, -0.25) is 9.59 Å². The van der Waals surface area contributed by atoms with Crippen LogP contribution in [0.4, 0.5) is 4.79 Å². The van der Waals surface area contributed by atoms with Crippen LogP contribution in [0.1, 0.15) is 64.2 Å². The van der Waals surface area contributed by atoms with E-state index in [2.05, 4.69) is 5.32 Å². The summed E-state index contributed by atoms with van der Waals surface area (Å²) in [6.45, 7) is 10.4. The van der Waals surface area contributed by atoms with Gasteiger partial charge in [0.1, 0.15) is 23.9 Å². The zero-order valence-electron chi connectivity index (χ0n) is 25.2. The molecular weight excluding hydrogens is 538 g/mol. The van der Waals surface area contributed by atoms with E-state index in [0.29, 0.717) is 21.9 Å². The van der Waals surface area contributed by atoms with E-state index in [0.717, 1.165) is 5.56 Å². The second-order valence-corrected chi connectivity index (χ2v) is 11.8. The Bertz CT molecular complexity index is 1390. The van der Waals surface area contributed by atoms with Crippen LogP contribution < -0.4 is 5.32 Å². The molecule has 0 radical (unpaired) electrons. The summed E-state index contributed by atoms with van der Waals surface area (Å²) in [7, 11) is 1.24. The van der Waals surface area contributed by atoms with E-state index in [1.54, 1.807) is 71.9 Å². The van der Waals surface area contributed by atoms with E-state index in [1.807, 2.05) is 36.4 Å². The Morgan fingerprint density at radius 3 is 1.81 bits per heavy atom. The quantitative estimate of drug-likeness (QED) is 0.198. The van der Waals surface area contributed by atoms with Crippen molar-refractivity contribution in [3.8, 4) is 0 Å². The number of benzene rings is 3. The third-order valence-corrected chi connectivity index (χ3v) is 6.06. The zero-order valence-corrected chi connectivity index (χ0v) is 25.2. The molecule has 224 valence electrons. The van der Waals surface area contributed by atoms with Crippen LogP contribution in [-0.4, -0.2) is 48.4 Å². The molecule has 0 bridgehead atoms. The minimum Gasteiger partial charge on any atom is -0.467 e. The highest BCUT2D eigenvalue weighted by atomic mass is 16.6. The SMILES string of the molecule is COC(=O)[C@H](Cc1ccc(C(C(=O)OC(C)(C)C)C(=O)OC(C)(C)C)c2ccccc12)NC(=O)OCc1ccccc1. The van der Waals surface area contributed by atoms with Gasteiger partial charge < -0.3 is 24.3 Å². The van der Waals surface area contributed by atoms with Gasteiger partial charge in [-0.2, -0.15) is 0 Å². The molecule has 1 amide bonds. The fourth-order valence-corrected chi connectivity index (χ4v) is 4.35. The first-order chi connectivity index (χ1) is 19.7. The molecule has 0 heterocycles. The molecule has 1 N–H and O–H groups in total. The second-order valence-electron chi connectivity index (χ2n) is 11.8. The van der Waals surface area contributed by atoms with Crippen molar-refractivity contribution in [3.63, 3.8) is 0 Å². The molecule has 0 unspecified atom stereocenters. The first-order valence-corrected chi connectivity index (χ1v) is 13.7. The van der Waals surface area contributed by atoms with E-state index in [4.69, 9.17) is 18.9 Å². The number of fused-ring (bicyclic) bond motifs is 1. The first-order valence-electron chi connectivity index (χ1n) is 13.7. The molecule has 3 aromatic rings. The molecule has 0 spiro atoms. The minimum atomic E-state index is -1.34. The Labute approximate surface area is 246 Å². The van der Waals surface area contributed by atoms with Crippen LogP contribution in [-0.2, 0) is 46.4 Å². The summed E-state index contributed by atoms with van der Waals surface area (Å²) >= 11 is 0. The van der Waals surface area contributed by atoms with Crippen molar-refractivity contribution in [1.82, 2.24) is 5.32 Å². The molecule has 0 aliphatic rings. The molecule has 0 aliphatic heterocycles. The number of hydrogen-bond acceptors (Lipinski definition) is 8. The molecule has 0 aromatic heterocycles. The summed E-state index contributed by atoms with van der Waals surface area (Å²) in [6.07, 6.45) is -0.706. The molecule has 42 heavy (non-hydrogen) atoms. The predicted molar refractivity (Wildman–Crippen MR) is 158 cm³/mol. The summed E-state index contributed by atoms with van der Waals surface area (Å²) < 4.78 is 21.5. The lowest BCUT2D eigenvalue weighted by Crippen LogP contribution is -2.43. The van der Waals surface area contributed by atoms with Crippen molar-refractivity contribution >= 4 is 34.8 Å². The van der Waals surface area contributed by atoms with Gasteiger partial charge in [0.05, 0.1) is 7.11 Å². The lowest BCUT2D eigenvalue weighted by atomic mass is 9.89. The van der Waals surface area contributed by atoms with E-state index in [9.17, 15) is 19.2 Å². The van der Waals surface area contributed by atoms with Crippen LogP contribution in [0.15, 0.2) is 66.7 Å². The topological polar surface area (TPSA) is 117 Å². The lowest BCUT2D eigenvalue weighted by molar-refractivity contribution is -0.169. The highest BCUT2D eigenvalue weighted by molar-refractivity contribution is 6.05. The molecule has 3 rings (SSSR count). The summed E-state index contributed by atoms with van der Waals surface area (Å²) in [5.41, 5.74) is 0.222. The van der Waals surface area contributed by atoms with Crippen molar-refractivity contribution < 1.29 is 38.1 Å². The van der Waals surface area contributed by atoms with E-state index in [-0.39, 0.29) is 13.0 Å². The summed E-state index contributed by atoms with van der Waals surface area (Å²) in [5, 5.41) is 3.88. The zero-order chi connectivity index (χ0) is 31.1. The number of carbonyl (C=O) groups is 4. The van der Waals surface area contributed by atoms with Crippen LogP contribution in [0.3, 0.4) is 0 Å². The standard InChI is InChI=1S/C33H39NO8/c1-32(2,3)41-29(36)27(30(37)42-33(4,5)6)25-18-17-22(23-15-11-12-16-24(23)25)19-26(28(35)39-7)34-31(38)40-20-21-13-9-8-10-14-21/h8-18,26-27H,19-20H2,1-7H3,(H,34,38)/t26-/m0/s1. The van der Waals surface area contributed by atoms with Gasteiger partial charge in [-0.05, 0) is 69.0 Å². The number of alkyl carbamates (subject to hydrolysis) is 1. The number of esters is 3. The number of ether oxygens (including phenoxy) is 4. The van der Waals surface area contributed by atoms with Crippen LogP contribution in [0.5, 0.6) is 0 Å². The van der Waals surface area contributed by atoms with E-state index >= 15 is 0 Å². The molecule has 0 fully saturated rings. The minimum absolute atomic E-state index is 0.0366. The van der Waals surface area contributed by atoms with Crippen molar-refractivity contribution in [1.29, 1.82) is 0 Å². The Balaban J connectivity index is 1.95. The third-order valence-electron chi connectivity index (χ3n) is 6.06. The van der Waals surface area contributed by atoms with Crippen molar-refractivity contribution in [2.45, 2.75) is 77.7 Å². The van der Waals surface area contributed by atoms with Crippen LogP contribution in [0.25, 0.3) is 10.8 Å². The number of hydrogen-bond donors (Lipinski definition) is 1. The third kappa shape index (κ3) is 9.06. The predicted octanol–water partition coefficient (Wildman–Crippen LogP) is 5.62. The lowest BCUT2D eigenvalue weighted by Gasteiger charge is -2.27. The van der Waals surface area contributed by atoms with Crippen LogP contribution >= 0.6 is 0 Å². The van der Waals surface area contributed by atoms with E-state index in [1.165, 1.54) is 7.11 Å². The second kappa shape index (κ2) is 13.5. The Morgan fingerprint density at radius 1 is 0.714 bits per heavy atom. The Hall–Kier alpha value is -4.40. The number of carbonyl (C=O) groups excluding carboxylic acids is 4. The Kier molecular flexibility index (Phi) is 10.3. The van der Waals surface area contributed by atoms with Crippen LogP contribution in [0.2, 0.25) is 0 Å². The van der Waals surface area contributed by atoms with Gasteiger partial charge in [-0.25, -0.2) is 9.59 Å². The average Bonchev–Trinajstić information content (AvgIpc) is 2.90. The van der Waals surface area contributed by atoms with Gasteiger partial charge in [-0.1, -0.05) is 66.7 Å². The van der Waals surface area contributed by atoms with Gasteiger partial charge in [0.2, 0.25) is 0 Å². The van der Waals surface area contributed by atoms with Crippen LogP contribution in [0, 0.1) is 0 Å². The average molecular weight is 578 g/mol. The van der Waals surface area contributed by atoms with Gasteiger partial charge >= 0.3 is 24.0 Å². The summed E-state index contributed by atoms with van der Waals surface area (Å²) in [5.74, 6) is -3.46. The van der Waals surface area contributed by atoms with Gasteiger partial charge in [-0.15, -0.1) is 0 Å². The molecular formula is C33H39NO8. The first kappa shape index (κ1) is 32.1. The van der Waals surface area contributed by atoms with Crippen molar-refractivity contribution in [3.05, 3.63) is 83.4 Å². The maximum atomic E-state index is 13.4. The van der Waals surface area contributed by atoms with Crippen molar-refractivity contribution in [2.24, 2.45) is 0 Å². The number of amides is 1. The summed E-state index contributed by atoms with van der Waals surface area (Å²) in [6, 6.07) is 18.7. The normalized spacial score (nSPS) is 12.4. The molecule has 9 heteroatoms. The van der Waals surface area contributed by atoms with Crippen molar-refractivity contribution in [2.75, 3.05) is 7.11 Å². The maximum Gasteiger partial charge on any atom is 0.408 e. The molecule has 0 aliphatic carbocycles. The molecule has 0 saturated heterocycles. The summed E-state index contributed by atoms with van der Waals surface area (Å²) in [4.78, 5) is 52.0. The van der Waals surface area contributed by atoms with E-state index < -0.39 is 47.2 Å². The molecule has 0 saturated carbocycles. The van der Waals surface area contributed by atoms with Gasteiger partial charge in [0.15, 0.2) is 5.92 Å². The van der Waals surface area contributed by atoms with Gasteiger partial charge in [0.25, 0.3) is 0 Å². The Morgan fingerprint density at radius 2 is 1.26 bits per heavy atom. The molecule has 3 aromatic carbocycles. The number of methoxy groups -OCH3 is 1. The largest absolute Gasteiger partial charge is 0.467 e. The highest BCUT2D eigenvalue weighted by Crippen LogP contribution is 2.33. The fourth-order valence-electron chi connectivity index (χ4n) is 4.35. The number of nitrogens with one attached hydrogen (secondary N) is 1. The van der Waals surface area contributed by atoms with Gasteiger partial charge in [0, 0.05) is 6.42 Å². The fraction of sp³-hybridized carbons (Fsp3) is 0.394. The molecule has 1 atom stereocenters. The highest BCUT2D eigenvalue weighted by Gasteiger charge is 2.37. The number of rotatable bonds is 9. The monoisotopic (exact) mass is 577 g/mol. The smallest absolute Gasteiger partial charge is 0.408 e. The maximum absolute atomic E-state index is 13.4.